The number of hydrogen-bond donors (Lipinski definition) is 0. The Labute approximate surface area is 209 Å². The summed E-state index contributed by atoms with van der Waals surface area (Å²) in [4.78, 5) is 0. The molecule has 0 amide bonds. The molecule has 4 atom stereocenters. The lowest BCUT2D eigenvalue weighted by Crippen LogP contribution is -2.29. The van der Waals surface area contributed by atoms with Crippen molar-refractivity contribution >= 4 is 0 Å². The van der Waals surface area contributed by atoms with Crippen LogP contribution in [-0.2, 0) is 14.2 Å². The van der Waals surface area contributed by atoms with Crippen molar-refractivity contribution in [1.82, 2.24) is 0 Å². The summed E-state index contributed by atoms with van der Waals surface area (Å²) in [6.07, 6.45) is 4.77. The van der Waals surface area contributed by atoms with Crippen LogP contribution >= 0.6 is 0 Å². The van der Waals surface area contributed by atoms with Crippen molar-refractivity contribution in [2.24, 2.45) is 0 Å². The molecule has 4 aliphatic rings. The number of fused-ring (bicyclic) bond motifs is 3. The molecule has 0 saturated heterocycles. The predicted octanol–water partition coefficient (Wildman–Crippen LogP) is 5.76. The first-order valence-electron chi connectivity index (χ1n) is 13.5. The Morgan fingerprint density at radius 1 is 0.457 bits per heavy atom. The van der Waals surface area contributed by atoms with Gasteiger partial charge in [-0.15, -0.1) is 0 Å². The minimum absolute atomic E-state index is 0.463. The molecular weight excluding hydrogens is 440 g/mol. The lowest BCUT2D eigenvalue weighted by molar-refractivity contribution is 0.00493. The molecule has 188 valence electrons. The third kappa shape index (κ3) is 4.47. The van der Waals surface area contributed by atoms with Crippen molar-refractivity contribution in [3.05, 3.63) is 57.6 Å². The van der Waals surface area contributed by atoms with Crippen molar-refractivity contribution in [2.75, 3.05) is 52.9 Å². The molecule has 3 aliphatic carbocycles. The fourth-order valence-electron chi connectivity index (χ4n) is 6.53. The zero-order valence-corrected chi connectivity index (χ0v) is 21.1. The topological polar surface area (TPSA) is 46.2 Å². The molecular formula is C30H38O5. The van der Waals surface area contributed by atoms with Gasteiger partial charge in [-0.25, -0.2) is 0 Å². The molecule has 6 bridgehead atoms. The molecule has 5 heteroatoms. The van der Waals surface area contributed by atoms with Gasteiger partial charge in [0.25, 0.3) is 0 Å². The Balaban J connectivity index is 1.45. The molecule has 0 aromatic heterocycles. The minimum Gasteiger partial charge on any atom is -0.491 e. The third-order valence-corrected chi connectivity index (χ3v) is 8.42. The van der Waals surface area contributed by atoms with E-state index >= 15 is 0 Å². The van der Waals surface area contributed by atoms with Crippen LogP contribution in [0.1, 0.15) is 82.7 Å². The van der Waals surface area contributed by atoms with E-state index in [0.717, 1.165) is 11.5 Å². The van der Waals surface area contributed by atoms with Crippen LogP contribution in [0.25, 0.3) is 0 Å². The Bertz CT molecular complexity index is 917. The minimum atomic E-state index is 0.463. The number of ether oxygens (including phenoxy) is 5. The van der Waals surface area contributed by atoms with E-state index in [1.165, 1.54) is 59.1 Å². The smallest absolute Gasteiger partial charge is 0.126 e. The molecule has 2 aromatic carbocycles. The Morgan fingerprint density at radius 2 is 0.743 bits per heavy atom. The van der Waals surface area contributed by atoms with E-state index in [1.54, 1.807) is 0 Å². The summed E-state index contributed by atoms with van der Waals surface area (Å²) in [5.74, 6) is 4.12. The van der Waals surface area contributed by atoms with Gasteiger partial charge in [-0.2, -0.15) is 0 Å². The number of rotatable bonds is 0. The summed E-state index contributed by atoms with van der Waals surface area (Å²) in [7, 11) is 0. The lowest BCUT2D eigenvalue weighted by Gasteiger charge is -2.45. The summed E-state index contributed by atoms with van der Waals surface area (Å²) in [5, 5.41) is 0. The highest BCUT2D eigenvalue weighted by Crippen LogP contribution is 2.61. The summed E-state index contributed by atoms with van der Waals surface area (Å²) in [5.41, 5.74) is 8.26. The summed E-state index contributed by atoms with van der Waals surface area (Å²) in [6, 6.07) is 9.53. The van der Waals surface area contributed by atoms with Crippen LogP contribution in [0, 0.1) is 13.8 Å². The van der Waals surface area contributed by atoms with Crippen LogP contribution in [0.3, 0.4) is 0 Å². The highest BCUT2D eigenvalue weighted by Gasteiger charge is 2.44. The van der Waals surface area contributed by atoms with Crippen molar-refractivity contribution in [3.8, 4) is 11.5 Å². The van der Waals surface area contributed by atoms with E-state index in [4.69, 9.17) is 23.7 Å². The quantitative estimate of drug-likeness (QED) is 0.482. The van der Waals surface area contributed by atoms with Gasteiger partial charge >= 0.3 is 0 Å². The zero-order chi connectivity index (χ0) is 23.8. The average Bonchev–Trinajstić information content (AvgIpc) is 2.77. The van der Waals surface area contributed by atoms with Crippen LogP contribution < -0.4 is 9.47 Å². The molecule has 1 aliphatic heterocycles. The van der Waals surface area contributed by atoms with Crippen LogP contribution in [0.5, 0.6) is 11.5 Å². The first kappa shape index (κ1) is 23.3. The van der Waals surface area contributed by atoms with Crippen LogP contribution in [0.2, 0.25) is 0 Å². The summed E-state index contributed by atoms with van der Waals surface area (Å²) < 4.78 is 30.4. The van der Waals surface area contributed by atoms with Gasteiger partial charge in [0.1, 0.15) is 24.7 Å². The standard InChI is InChI=1S/C30H38O5/c1-19-15-25-21-3-5-23(21)27-17-20(2)18-28-24-6-4-22(24)26(16-19)29(25)34-13-11-32-9-7-31-8-10-33-12-14-35-30(27)28/h15-18,21-24H,3-14H2,1-2H3. The van der Waals surface area contributed by atoms with Crippen LogP contribution in [-0.4, -0.2) is 52.9 Å². The van der Waals surface area contributed by atoms with Gasteiger partial charge in [-0.1, -0.05) is 35.4 Å². The largest absolute Gasteiger partial charge is 0.491 e. The van der Waals surface area contributed by atoms with Crippen molar-refractivity contribution in [3.63, 3.8) is 0 Å². The molecule has 2 saturated carbocycles. The maximum Gasteiger partial charge on any atom is 0.126 e. The van der Waals surface area contributed by atoms with E-state index < -0.39 is 0 Å². The monoisotopic (exact) mass is 478 g/mol. The first-order valence-corrected chi connectivity index (χ1v) is 13.5. The molecule has 35 heavy (non-hydrogen) atoms. The predicted molar refractivity (Wildman–Crippen MR) is 135 cm³/mol. The van der Waals surface area contributed by atoms with E-state index in [0.29, 0.717) is 76.5 Å². The van der Waals surface area contributed by atoms with Gasteiger partial charge in [0, 0.05) is 0 Å². The molecule has 2 aromatic rings. The molecule has 0 radical (unpaired) electrons. The third-order valence-electron chi connectivity index (χ3n) is 8.42. The SMILES string of the molecule is Cc1cc2c3c(c1)C1CCC1c1cc(C)cc(c1OCCOCCOCCOCCO3)C1CCC21. The molecule has 5 nitrogen and oxygen atoms in total. The lowest BCUT2D eigenvalue weighted by atomic mass is 9.60. The van der Waals surface area contributed by atoms with E-state index in [1.807, 2.05) is 0 Å². The number of hydrogen-bond acceptors (Lipinski definition) is 5. The first-order chi connectivity index (χ1) is 17.2. The second-order valence-corrected chi connectivity index (χ2v) is 10.7. The van der Waals surface area contributed by atoms with Crippen molar-refractivity contribution in [2.45, 2.75) is 63.2 Å². The van der Waals surface area contributed by atoms with Gasteiger partial charge in [0.05, 0.1) is 39.6 Å². The maximum absolute atomic E-state index is 6.59. The molecule has 2 fully saturated rings. The zero-order valence-electron chi connectivity index (χ0n) is 21.1. The Kier molecular flexibility index (Phi) is 6.74. The second-order valence-electron chi connectivity index (χ2n) is 10.7. The van der Waals surface area contributed by atoms with Gasteiger partial charge in [0.15, 0.2) is 0 Å². The van der Waals surface area contributed by atoms with Gasteiger partial charge in [-0.3, -0.25) is 0 Å². The molecule has 4 unspecified atom stereocenters. The Hall–Kier alpha value is -2.08. The van der Waals surface area contributed by atoms with Gasteiger partial charge < -0.3 is 23.7 Å². The molecule has 6 rings (SSSR count). The summed E-state index contributed by atoms with van der Waals surface area (Å²) in [6.45, 7) is 9.07. The van der Waals surface area contributed by atoms with Crippen LogP contribution in [0.4, 0.5) is 0 Å². The highest BCUT2D eigenvalue weighted by atomic mass is 16.6. The average molecular weight is 479 g/mol. The normalized spacial score (nSPS) is 28.7. The fourth-order valence-corrected chi connectivity index (χ4v) is 6.53. The molecule has 1 heterocycles. The highest BCUT2D eigenvalue weighted by molar-refractivity contribution is 5.58. The van der Waals surface area contributed by atoms with E-state index in [9.17, 15) is 0 Å². The maximum atomic E-state index is 6.59. The van der Waals surface area contributed by atoms with Crippen molar-refractivity contribution in [1.29, 1.82) is 0 Å². The number of benzene rings is 2. The van der Waals surface area contributed by atoms with Gasteiger partial charge in [0.2, 0.25) is 0 Å². The molecule has 0 spiro atoms. The molecule has 0 N–H and O–H groups in total. The Morgan fingerprint density at radius 3 is 1.03 bits per heavy atom. The van der Waals surface area contributed by atoms with E-state index in [-0.39, 0.29) is 0 Å². The number of aryl methyl sites for hydroxylation is 2. The second kappa shape index (κ2) is 10.1. The fraction of sp³-hybridized carbons (Fsp3) is 0.600. The summed E-state index contributed by atoms with van der Waals surface area (Å²) >= 11 is 0. The van der Waals surface area contributed by atoms with Crippen molar-refractivity contribution < 1.29 is 23.7 Å². The van der Waals surface area contributed by atoms with Gasteiger partial charge in [-0.05, 0) is 85.5 Å². The van der Waals surface area contributed by atoms with E-state index in [2.05, 4.69) is 38.1 Å². The van der Waals surface area contributed by atoms with Crippen LogP contribution in [0.15, 0.2) is 24.3 Å².